The number of carbonyl (C=O) groups is 1. The van der Waals surface area contributed by atoms with Crippen molar-refractivity contribution < 1.29 is 14.3 Å². The van der Waals surface area contributed by atoms with Crippen molar-refractivity contribution >= 4 is 11.6 Å². The minimum Gasteiger partial charge on any atom is -0.492 e. The molecular formula is C25H35N5O3. The molecule has 8 nitrogen and oxygen atoms in total. The molecule has 0 aromatic carbocycles. The number of ketones is 1. The predicted molar refractivity (Wildman–Crippen MR) is 128 cm³/mol. The topological polar surface area (TPSA) is 80.7 Å². The van der Waals surface area contributed by atoms with Gasteiger partial charge in [0.05, 0.1) is 19.8 Å². The normalized spacial score (nSPS) is 16.1. The van der Waals surface area contributed by atoms with Gasteiger partial charge in [-0.3, -0.25) is 14.7 Å². The number of anilines is 1. The Kier molecular flexibility index (Phi) is 7.88. The monoisotopic (exact) mass is 453 g/mol. The van der Waals surface area contributed by atoms with E-state index < -0.39 is 0 Å². The van der Waals surface area contributed by atoms with Gasteiger partial charge in [-0.15, -0.1) is 0 Å². The van der Waals surface area contributed by atoms with Crippen LogP contribution in [0.5, 0.6) is 5.75 Å². The van der Waals surface area contributed by atoms with Gasteiger partial charge in [-0.05, 0) is 31.2 Å². The maximum absolute atomic E-state index is 12.4. The van der Waals surface area contributed by atoms with Crippen LogP contribution in [0.25, 0.3) is 11.5 Å². The molecule has 0 bridgehead atoms. The Hall–Kier alpha value is -2.58. The van der Waals surface area contributed by atoms with Gasteiger partial charge in [0.15, 0.2) is 11.6 Å². The number of likely N-dealkylation sites (N-methyl/N-ethyl adjacent to an activating group) is 1. The third kappa shape index (κ3) is 6.26. The predicted octanol–water partition coefficient (Wildman–Crippen LogP) is 2.79. The third-order valence-corrected chi connectivity index (χ3v) is 6.06. The molecule has 0 atom stereocenters. The summed E-state index contributed by atoms with van der Waals surface area (Å²) in [5.41, 5.74) is 2.92. The van der Waals surface area contributed by atoms with Gasteiger partial charge in [0, 0.05) is 56.6 Å². The average molecular weight is 454 g/mol. The molecule has 0 saturated carbocycles. The van der Waals surface area contributed by atoms with E-state index in [-0.39, 0.29) is 5.78 Å². The summed E-state index contributed by atoms with van der Waals surface area (Å²) in [6, 6.07) is 3.78. The molecule has 1 saturated heterocycles. The number of hydrogen-bond donors (Lipinski definition) is 0. The van der Waals surface area contributed by atoms with Crippen molar-refractivity contribution in [3.63, 3.8) is 0 Å². The number of carbonyl (C=O) groups excluding carboxylic acids is 1. The molecule has 0 radical (unpaired) electrons. The van der Waals surface area contributed by atoms with Crippen molar-refractivity contribution in [2.45, 2.75) is 39.5 Å². The first-order valence-electron chi connectivity index (χ1n) is 12.0. The van der Waals surface area contributed by atoms with Gasteiger partial charge in [-0.25, -0.2) is 9.97 Å². The lowest BCUT2D eigenvalue weighted by Crippen LogP contribution is -2.38. The van der Waals surface area contributed by atoms with Gasteiger partial charge in [0.1, 0.15) is 23.9 Å². The quantitative estimate of drug-likeness (QED) is 0.543. The summed E-state index contributed by atoms with van der Waals surface area (Å²) in [6.07, 6.45) is 5.26. The van der Waals surface area contributed by atoms with Gasteiger partial charge in [-0.1, -0.05) is 13.8 Å². The van der Waals surface area contributed by atoms with Gasteiger partial charge < -0.3 is 14.4 Å². The van der Waals surface area contributed by atoms with Crippen LogP contribution in [0.3, 0.4) is 0 Å². The SMILES string of the molecule is CC(C)CC(=O)CN(C)c1nc(-c2cc(OCCN3CCOCC3)ccn2)nc2c1CCC2. The van der Waals surface area contributed by atoms with Crippen molar-refractivity contribution in [3.05, 3.63) is 29.6 Å². The number of hydrogen-bond acceptors (Lipinski definition) is 8. The Morgan fingerprint density at radius 2 is 2.06 bits per heavy atom. The first-order chi connectivity index (χ1) is 16.0. The fraction of sp³-hybridized carbons (Fsp3) is 0.600. The highest BCUT2D eigenvalue weighted by molar-refractivity contribution is 5.83. The number of aryl methyl sites for hydroxylation is 1. The van der Waals surface area contributed by atoms with E-state index in [9.17, 15) is 4.79 Å². The molecule has 1 aliphatic heterocycles. The van der Waals surface area contributed by atoms with Gasteiger partial charge in [-0.2, -0.15) is 0 Å². The first-order valence-corrected chi connectivity index (χ1v) is 12.0. The maximum atomic E-state index is 12.4. The van der Waals surface area contributed by atoms with E-state index in [1.54, 1.807) is 6.20 Å². The molecule has 178 valence electrons. The van der Waals surface area contributed by atoms with Crippen LogP contribution in [0.15, 0.2) is 18.3 Å². The van der Waals surface area contributed by atoms with Crippen molar-refractivity contribution in [2.75, 3.05) is 57.9 Å². The molecule has 0 amide bonds. The zero-order valence-electron chi connectivity index (χ0n) is 20.0. The van der Waals surface area contributed by atoms with Crippen LogP contribution >= 0.6 is 0 Å². The molecule has 3 heterocycles. The number of morpholine rings is 1. The molecule has 4 rings (SSSR count). The second-order valence-corrected chi connectivity index (χ2v) is 9.32. The van der Waals surface area contributed by atoms with E-state index >= 15 is 0 Å². The molecule has 0 unspecified atom stereocenters. The molecule has 2 aliphatic rings. The minimum absolute atomic E-state index is 0.230. The summed E-state index contributed by atoms with van der Waals surface area (Å²) in [5, 5.41) is 0. The van der Waals surface area contributed by atoms with E-state index in [1.165, 1.54) is 0 Å². The van der Waals surface area contributed by atoms with Crippen LogP contribution < -0.4 is 9.64 Å². The van der Waals surface area contributed by atoms with E-state index in [0.717, 1.165) is 74.9 Å². The molecular weight excluding hydrogens is 418 g/mol. The van der Waals surface area contributed by atoms with Crippen LogP contribution in [0.4, 0.5) is 5.82 Å². The molecule has 1 fully saturated rings. The van der Waals surface area contributed by atoms with E-state index in [0.29, 0.717) is 37.0 Å². The lowest BCUT2D eigenvalue weighted by Gasteiger charge is -2.26. The Morgan fingerprint density at radius 1 is 1.24 bits per heavy atom. The summed E-state index contributed by atoms with van der Waals surface area (Å²) in [6.45, 7) is 9.45. The van der Waals surface area contributed by atoms with E-state index in [4.69, 9.17) is 19.4 Å². The smallest absolute Gasteiger partial charge is 0.180 e. The number of ether oxygens (including phenoxy) is 2. The standard InChI is InChI=1S/C25H35N5O3/c1-18(2)15-19(31)17-29(3)25-21-5-4-6-22(21)27-24(28-25)23-16-20(7-8-26-23)33-14-11-30-9-12-32-13-10-30/h7-8,16,18H,4-6,9-15,17H2,1-3H3. The molecule has 1 aliphatic carbocycles. The number of aromatic nitrogens is 3. The molecule has 0 spiro atoms. The molecule has 8 heteroatoms. The fourth-order valence-corrected chi connectivity index (χ4v) is 4.44. The number of rotatable bonds is 10. The van der Waals surface area contributed by atoms with Crippen LogP contribution in [-0.4, -0.2) is 78.7 Å². The van der Waals surface area contributed by atoms with Crippen LogP contribution in [0.2, 0.25) is 0 Å². The summed E-state index contributed by atoms with van der Waals surface area (Å²) in [4.78, 5) is 31.0. The third-order valence-electron chi connectivity index (χ3n) is 6.06. The molecule has 0 N–H and O–H groups in total. The number of pyridine rings is 1. The Morgan fingerprint density at radius 3 is 2.85 bits per heavy atom. The Balaban J connectivity index is 1.48. The molecule has 33 heavy (non-hydrogen) atoms. The fourth-order valence-electron chi connectivity index (χ4n) is 4.44. The van der Waals surface area contributed by atoms with Crippen LogP contribution in [0, 0.1) is 5.92 Å². The maximum Gasteiger partial charge on any atom is 0.180 e. The summed E-state index contributed by atoms with van der Waals surface area (Å²) in [7, 11) is 1.95. The minimum atomic E-state index is 0.230. The molecule has 2 aromatic rings. The summed E-state index contributed by atoms with van der Waals surface area (Å²) < 4.78 is 11.4. The van der Waals surface area contributed by atoms with Crippen molar-refractivity contribution in [1.29, 1.82) is 0 Å². The van der Waals surface area contributed by atoms with Crippen molar-refractivity contribution in [1.82, 2.24) is 19.9 Å². The Bertz CT molecular complexity index is 959. The highest BCUT2D eigenvalue weighted by Gasteiger charge is 2.23. The average Bonchev–Trinajstić information content (AvgIpc) is 3.27. The lowest BCUT2D eigenvalue weighted by molar-refractivity contribution is -0.118. The van der Waals surface area contributed by atoms with Gasteiger partial charge >= 0.3 is 0 Å². The second kappa shape index (κ2) is 11.0. The molecule has 2 aromatic heterocycles. The largest absolute Gasteiger partial charge is 0.492 e. The van der Waals surface area contributed by atoms with Crippen molar-refractivity contribution in [2.24, 2.45) is 5.92 Å². The summed E-state index contributed by atoms with van der Waals surface area (Å²) in [5.74, 6) is 2.79. The van der Waals surface area contributed by atoms with Crippen molar-refractivity contribution in [3.8, 4) is 17.3 Å². The van der Waals surface area contributed by atoms with Gasteiger partial charge in [0.2, 0.25) is 0 Å². The highest BCUT2D eigenvalue weighted by Crippen LogP contribution is 2.31. The van der Waals surface area contributed by atoms with Crippen LogP contribution in [-0.2, 0) is 22.4 Å². The first kappa shape index (κ1) is 23.6. The zero-order chi connectivity index (χ0) is 23.2. The zero-order valence-corrected chi connectivity index (χ0v) is 20.0. The Labute approximate surface area is 196 Å². The summed E-state index contributed by atoms with van der Waals surface area (Å²) >= 11 is 0. The number of nitrogens with zero attached hydrogens (tertiary/aromatic N) is 5. The highest BCUT2D eigenvalue weighted by atomic mass is 16.5. The van der Waals surface area contributed by atoms with E-state index in [2.05, 4.69) is 23.7 Å². The number of fused-ring (bicyclic) bond motifs is 1. The van der Waals surface area contributed by atoms with E-state index in [1.807, 2.05) is 24.1 Å². The lowest BCUT2D eigenvalue weighted by atomic mass is 10.1. The second-order valence-electron chi connectivity index (χ2n) is 9.32. The number of Topliss-reactive ketones (excluding diaryl/α,β-unsaturated/α-hetero) is 1. The van der Waals surface area contributed by atoms with Crippen LogP contribution in [0.1, 0.15) is 37.9 Å². The van der Waals surface area contributed by atoms with Gasteiger partial charge in [0.25, 0.3) is 0 Å².